The van der Waals surface area contributed by atoms with Crippen LogP contribution >= 0.6 is 0 Å². The van der Waals surface area contributed by atoms with Crippen LogP contribution in [0.3, 0.4) is 0 Å². The summed E-state index contributed by atoms with van der Waals surface area (Å²) < 4.78 is 42.6. The second-order valence-corrected chi connectivity index (χ2v) is 4.09. The Kier molecular flexibility index (Phi) is 5.24. The molecule has 1 amide bonds. The lowest BCUT2D eigenvalue weighted by molar-refractivity contribution is -0.140. The maximum Gasteiger partial charge on any atom is 0.406 e. The van der Waals surface area contributed by atoms with E-state index in [2.05, 4.69) is 0 Å². The molecule has 0 aliphatic heterocycles. The van der Waals surface area contributed by atoms with E-state index in [-0.39, 0.29) is 30.2 Å². The number of benzene rings is 1. The van der Waals surface area contributed by atoms with E-state index in [1.54, 1.807) is 6.92 Å². The number of para-hydroxylation sites is 1. The fraction of sp³-hybridized carbons (Fsp3) is 0.462. The summed E-state index contributed by atoms with van der Waals surface area (Å²) in [6.07, 6.45) is -4.45. The minimum absolute atomic E-state index is 0.0398. The highest BCUT2D eigenvalue weighted by atomic mass is 19.4. The summed E-state index contributed by atoms with van der Waals surface area (Å²) in [7, 11) is 0. The van der Waals surface area contributed by atoms with E-state index >= 15 is 0 Å². The standard InChI is InChI=1S/C13H17F3N2O2/c1-3-18(8-13(14,15)16)12(19)9-6-5-7-10(17)11(9)20-4-2/h5-7H,3-4,8,17H2,1-2H3. The third-order valence-corrected chi connectivity index (χ3v) is 2.60. The maximum atomic E-state index is 12.4. The fourth-order valence-corrected chi connectivity index (χ4v) is 1.74. The van der Waals surface area contributed by atoms with Gasteiger partial charge in [0.1, 0.15) is 6.54 Å². The number of ether oxygens (including phenoxy) is 1. The lowest BCUT2D eigenvalue weighted by atomic mass is 10.1. The van der Waals surface area contributed by atoms with E-state index in [1.165, 1.54) is 25.1 Å². The number of nitrogens with zero attached hydrogens (tertiary/aromatic N) is 1. The molecule has 1 rings (SSSR count). The molecule has 0 heterocycles. The van der Waals surface area contributed by atoms with Gasteiger partial charge in [0.25, 0.3) is 5.91 Å². The molecule has 0 saturated heterocycles. The Hall–Kier alpha value is -1.92. The number of anilines is 1. The second kappa shape index (κ2) is 6.49. The number of carbonyl (C=O) groups is 1. The van der Waals surface area contributed by atoms with Gasteiger partial charge in [0, 0.05) is 6.54 Å². The predicted molar refractivity (Wildman–Crippen MR) is 69.7 cm³/mol. The topological polar surface area (TPSA) is 55.6 Å². The first kappa shape index (κ1) is 16.1. The molecule has 0 atom stereocenters. The second-order valence-electron chi connectivity index (χ2n) is 4.09. The zero-order valence-electron chi connectivity index (χ0n) is 11.3. The van der Waals surface area contributed by atoms with Gasteiger partial charge in [-0.3, -0.25) is 4.79 Å². The van der Waals surface area contributed by atoms with Crippen LogP contribution in [0.25, 0.3) is 0 Å². The minimum Gasteiger partial charge on any atom is -0.491 e. The first-order valence-electron chi connectivity index (χ1n) is 6.17. The van der Waals surface area contributed by atoms with E-state index in [9.17, 15) is 18.0 Å². The van der Waals surface area contributed by atoms with Crippen LogP contribution in [0.2, 0.25) is 0 Å². The molecule has 7 heteroatoms. The predicted octanol–water partition coefficient (Wildman–Crippen LogP) is 2.69. The largest absolute Gasteiger partial charge is 0.491 e. The number of nitrogens with two attached hydrogens (primary N) is 1. The van der Waals surface area contributed by atoms with Crippen LogP contribution in [-0.2, 0) is 0 Å². The number of rotatable bonds is 5. The SMILES string of the molecule is CCOc1c(N)cccc1C(=O)N(CC)CC(F)(F)F. The molecule has 1 aromatic rings. The van der Waals surface area contributed by atoms with Crippen molar-refractivity contribution in [2.45, 2.75) is 20.0 Å². The summed E-state index contributed by atoms with van der Waals surface area (Å²) in [6.45, 7) is 2.09. The first-order valence-corrected chi connectivity index (χ1v) is 6.17. The van der Waals surface area contributed by atoms with Gasteiger partial charge in [-0.2, -0.15) is 13.2 Å². The fourth-order valence-electron chi connectivity index (χ4n) is 1.74. The molecule has 0 aromatic heterocycles. The van der Waals surface area contributed by atoms with Gasteiger partial charge < -0.3 is 15.4 Å². The Morgan fingerprint density at radius 1 is 1.35 bits per heavy atom. The molecule has 20 heavy (non-hydrogen) atoms. The number of carbonyl (C=O) groups excluding carboxylic acids is 1. The number of nitrogen functional groups attached to an aromatic ring is 1. The number of hydrogen-bond donors (Lipinski definition) is 1. The van der Waals surface area contributed by atoms with Crippen molar-refractivity contribution < 1.29 is 22.7 Å². The van der Waals surface area contributed by atoms with Crippen LogP contribution in [0.15, 0.2) is 18.2 Å². The lowest BCUT2D eigenvalue weighted by Gasteiger charge is -2.23. The van der Waals surface area contributed by atoms with Gasteiger partial charge in [-0.25, -0.2) is 0 Å². The molecule has 0 saturated carbocycles. The van der Waals surface area contributed by atoms with E-state index < -0.39 is 18.6 Å². The smallest absolute Gasteiger partial charge is 0.406 e. The van der Waals surface area contributed by atoms with Gasteiger partial charge in [0.15, 0.2) is 5.75 Å². The van der Waals surface area contributed by atoms with Gasteiger partial charge in [-0.05, 0) is 26.0 Å². The van der Waals surface area contributed by atoms with Crippen molar-refractivity contribution in [3.05, 3.63) is 23.8 Å². The van der Waals surface area contributed by atoms with Crippen molar-refractivity contribution in [1.29, 1.82) is 0 Å². The monoisotopic (exact) mass is 290 g/mol. The molecule has 4 nitrogen and oxygen atoms in total. The Labute approximate surface area is 115 Å². The van der Waals surface area contributed by atoms with Crippen LogP contribution in [0.5, 0.6) is 5.75 Å². The number of hydrogen-bond acceptors (Lipinski definition) is 3. The number of halogens is 3. The summed E-state index contributed by atoms with van der Waals surface area (Å²) >= 11 is 0. The highest BCUT2D eigenvalue weighted by Crippen LogP contribution is 2.28. The molecule has 0 aliphatic rings. The molecule has 0 aliphatic carbocycles. The molecular formula is C13H17F3N2O2. The molecule has 0 spiro atoms. The van der Waals surface area contributed by atoms with Crippen molar-refractivity contribution in [2.24, 2.45) is 0 Å². The Bertz CT molecular complexity index is 475. The molecular weight excluding hydrogens is 273 g/mol. The molecule has 0 fully saturated rings. The summed E-state index contributed by atoms with van der Waals surface area (Å²) in [4.78, 5) is 12.9. The molecule has 0 bridgehead atoms. The molecule has 1 aromatic carbocycles. The van der Waals surface area contributed by atoms with Crippen molar-refractivity contribution >= 4 is 11.6 Å². The average molecular weight is 290 g/mol. The third-order valence-electron chi connectivity index (χ3n) is 2.60. The lowest BCUT2D eigenvalue weighted by Crippen LogP contribution is -2.39. The maximum absolute atomic E-state index is 12.4. The number of alkyl halides is 3. The van der Waals surface area contributed by atoms with Crippen molar-refractivity contribution in [1.82, 2.24) is 4.90 Å². The zero-order chi connectivity index (χ0) is 15.3. The van der Waals surface area contributed by atoms with Gasteiger partial charge >= 0.3 is 6.18 Å². The molecule has 2 N–H and O–H groups in total. The van der Waals surface area contributed by atoms with Gasteiger partial charge in [0.05, 0.1) is 17.9 Å². The van der Waals surface area contributed by atoms with Crippen LogP contribution in [0, 0.1) is 0 Å². The molecule has 0 unspecified atom stereocenters. The highest BCUT2D eigenvalue weighted by molar-refractivity contribution is 5.98. The van der Waals surface area contributed by atoms with E-state index in [4.69, 9.17) is 10.5 Å². The summed E-state index contributed by atoms with van der Waals surface area (Å²) in [5.74, 6) is -0.624. The Morgan fingerprint density at radius 3 is 2.50 bits per heavy atom. The summed E-state index contributed by atoms with van der Waals surface area (Å²) in [5, 5.41) is 0. The van der Waals surface area contributed by atoms with E-state index in [0.717, 1.165) is 0 Å². The van der Waals surface area contributed by atoms with Crippen LogP contribution in [0.1, 0.15) is 24.2 Å². The van der Waals surface area contributed by atoms with Crippen molar-refractivity contribution in [3.8, 4) is 5.75 Å². The normalized spacial score (nSPS) is 11.2. The van der Waals surface area contributed by atoms with Gasteiger partial charge in [-0.1, -0.05) is 6.07 Å². The molecule has 112 valence electrons. The van der Waals surface area contributed by atoms with Crippen molar-refractivity contribution in [2.75, 3.05) is 25.4 Å². The van der Waals surface area contributed by atoms with E-state index in [1.807, 2.05) is 0 Å². The zero-order valence-corrected chi connectivity index (χ0v) is 11.3. The van der Waals surface area contributed by atoms with E-state index in [0.29, 0.717) is 4.90 Å². The minimum atomic E-state index is -4.45. The van der Waals surface area contributed by atoms with Crippen molar-refractivity contribution in [3.63, 3.8) is 0 Å². The highest BCUT2D eigenvalue weighted by Gasteiger charge is 2.33. The van der Waals surface area contributed by atoms with Crippen LogP contribution < -0.4 is 10.5 Å². The summed E-state index contributed by atoms with van der Waals surface area (Å²) in [6, 6.07) is 4.44. The average Bonchev–Trinajstić information content (AvgIpc) is 2.36. The molecule has 0 radical (unpaired) electrons. The Balaban J connectivity index is 3.09. The van der Waals surface area contributed by atoms with Crippen LogP contribution in [-0.4, -0.2) is 36.7 Å². The number of amides is 1. The third kappa shape index (κ3) is 4.04. The summed E-state index contributed by atoms with van der Waals surface area (Å²) in [5.41, 5.74) is 5.96. The van der Waals surface area contributed by atoms with Gasteiger partial charge in [-0.15, -0.1) is 0 Å². The quantitative estimate of drug-likeness (QED) is 0.848. The van der Waals surface area contributed by atoms with Crippen LogP contribution in [0.4, 0.5) is 18.9 Å². The Morgan fingerprint density at radius 2 is 2.00 bits per heavy atom. The van der Waals surface area contributed by atoms with Gasteiger partial charge in [0.2, 0.25) is 0 Å². The first-order chi connectivity index (χ1) is 9.30.